The number of hydrogen-bond donors (Lipinski definition) is 1. The maximum absolute atomic E-state index is 11.9. The Bertz CT molecular complexity index is 423. The average molecular weight is 338 g/mol. The fourth-order valence-electron chi connectivity index (χ4n) is 4.97. The molecule has 3 heterocycles. The number of likely N-dealkylation sites (tertiary alicyclic amines) is 3. The van der Waals surface area contributed by atoms with E-state index in [0.29, 0.717) is 12.1 Å². The second-order valence-electron chi connectivity index (χ2n) is 8.26. The first kappa shape index (κ1) is 18.2. The summed E-state index contributed by atoms with van der Waals surface area (Å²) in [7, 11) is 0. The highest BCUT2D eigenvalue weighted by molar-refractivity contribution is 5.74. The van der Waals surface area contributed by atoms with Gasteiger partial charge in [0.15, 0.2) is 0 Å². The van der Waals surface area contributed by atoms with Crippen LogP contribution in [-0.2, 0) is 4.79 Å². The summed E-state index contributed by atoms with van der Waals surface area (Å²) < 4.78 is 0. The van der Waals surface area contributed by atoms with Gasteiger partial charge in [0.2, 0.25) is 5.91 Å². The third-order valence-corrected chi connectivity index (χ3v) is 6.35. The number of rotatable bonds is 5. The zero-order chi connectivity index (χ0) is 17.1. The maximum atomic E-state index is 11.9. The first-order valence-corrected chi connectivity index (χ1v) is 9.96. The van der Waals surface area contributed by atoms with Gasteiger partial charge in [-0.15, -0.1) is 0 Å². The molecule has 3 aliphatic heterocycles. The van der Waals surface area contributed by atoms with Crippen LogP contribution < -0.4 is 0 Å². The van der Waals surface area contributed by atoms with Gasteiger partial charge in [-0.2, -0.15) is 0 Å². The second-order valence-corrected chi connectivity index (χ2v) is 8.26. The molecule has 0 radical (unpaired) electrons. The van der Waals surface area contributed by atoms with Gasteiger partial charge in [-0.05, 0) is 64.1 Å². The van der Waals surface area contributed by atoms with Crippen LogP contribution in [0.25, 0.3) is 0 Å². The van der Waals surface area contributed by atoms with E-state index in [4.69, 9.17) is 0 Å². The predicted octanol–water partition coefficient (Wildman–Crippen LogP) is 1.55. The van der Waals surface area contributed by atoms with Gasteiger partial charge >= 0.3 is 0 Å². The number of carbonyl (C=O) groups excluding carboxylic acids is 1. The topological polar surface area (TPSA) is 47.0 Å². The molecule has 24 heavy (non-hydrogen) atoms. The molecule has 3 aliphatic rings. The van der Waals surface area contributed by atoms with Crippen LogP contribution in [-0.4, -0.2) is 83.2 Å². The summed E-state index contributed by atoms with van der Waals surface area (Å²) >= 11 is 0. The van der Waals surface area contributed by atoms with Crippen molar-refractivity contribution in [2.45, 2.75) is 70.6 Å². The summed E-state index contributed by atoms with van der Waals surface area (Å²) in [5, 5.41) is 10.6. The highest BCUT2D eigenvalue weighted by Crippen LogP contribution is 2.30. The number of amides is 1. The smallest absolute Gasteiger partial charge is 0.219 e. The minimum Gasteiger partial charge on any atom is -0.390 e. The Balaban J connectivity index is 1.51. The number of aliphatic hydroxyl groups excluding tert-OH is 1. The summed E-state index contributed by atoms with van der Waals surface area (Å²) in [6, 6.07) is 0.820. The molecule has 0 bridgehead atoms. The van der Waals surface area contributed by atoms with Crippen molar-refractivity contribution in [3.05, 3.63) is 0 Å². The van der Waals surface area contributed by atoms with Gasteiger partial charge in [0, 0.05) is 38.6 Å². The predicted molar refractivity (Wildman–Crippen MR) is 95.8 cm³/mol. The van der Waals surface area contributed by atoms with Crippen molar-refractivity contribution in [2.75, 3.05) is 39.3 Å². The third-order valence-electron chi connectivity index (χ3n) is 6.35. The Morgan fingerprint density at radius 1 is 1.00 bits per heavy atom. The number of piperidine rings is 1. The van der Waals surface area contributed by atoms with Crippen molar-refractivity contribution >= 4 is 5.91 Å². The van der Waals surface area contributed by atoms with Gasteiger partial charge in [0.25, 0.3) is 0 Å². The lowest BCUT2D eigenvalue weighted by molar-refractivity contribution is -0.130. The molecule has 0 aromatic heterocycles. The van der Waals surface area contributed by atoms with Crippen molar-refractivity contribution in [1.29, 1.82) is 0 Å². The number of hydrogen-bond acceptors (Lipinski definition) is 4. The Kier molecular flexibility index (Phi) is 6.17. The fraction of sp³-hybridized carbons (Fsp3) is 0.947. The van der Waals surface area contributed by atoms with Crippen LogP contribution in [0.15, 0.2) is 0 Å². The van der Waals surface area contributed by atoms with Gasteiger partial charge < -0.3 is 14.9 Å². The van der Waals surface area contributed by atoms with E-state index in [2.05, 4.69) is 21.6 Å². The average Bonchev–Trinajstić information content (AvgIpc) is 3.17. The van der Waals surface area contributed by atoms with E-state index < -0.39 is 0 Å². The van der Waals surface area contributed by atoms with E-state index in [0.717, 1.165) is 58.0 Å². The highest BCUT2D eigenvalue weighted by Gasteiger charge is 2.39. The Morgan fingerprint density at radius 2 is 1.67 bits per heavy atom. The van der Waals surface area contributed by atoms with Crippen molar-refractivity contribution in [2.24, 2.45) is 5.92 Å². The Hall–Kier alpha value is -0.650. The second kappa shape index (κ2) is 8.15. The zero-order valence-electron chi connectivity index (χ0n) is 15.5. The number of β-amino-alcohol motifs (C(OH)–C–C–N with tert-alkyl or cyclic N) is 1. The van der Waals surface area contributed by atoms with Crippen molar-refractivity contribution in [3.8, 4) is 0 Å². The van der Waals surface area contributed by atoms with Crippen LogP contribution in [0.3, 0.4) is 0 Å². The minimum atomic E-state index is -0.272. The molecule has 0 aromatic rings. The van der Waals surface area contributed by atoms with Gasteiger partial charge in [0.05, 0.1) is 6.10 Å². The molecule has 0 unspecified atom stereocenters. The SMILES string of the molecule is CC(=O)N1CCC[C@@H]1[C@H]1CCCN1C[C@H](O)CN1CCC(C)CC1. The fourth-order valence-corrected chi connectivity index (χ4v) is 4.97. The van der Waals surface area contributed by atoms with Gasteiger partial charge in [-0.25, -0.2) is 0 Å². The quantitative estimate of drug-likeness (QED) is 0.827. The lowest BCUT2D eigenvalue weighted by atomic mass is 9.99. The van der Waals surface area contributed by atoms with E-state index in [1.165, 1.54) is 25.7 Å². The van der Waals surface area contributed by atoms with Gasteiger partial charge in [-0.3, -0.25) is 9.69 Å². The molecular formula is C19H35N3O2. The van der Waals surface area contributed by atoms with Crippen LogP contribution in [0.5, 0.6) is 0 Å². The molecule has 0 spiro atoms. The summed E-state index contributed by atoms with van der Waals surface area (Å²) in [4.78, 5) is 18.8. The highest BCUT2D eigenvalue weighted by atomic mass is 16.3. The Morgan fingerprint density at radius 3 is 2.38 bits per heavy atom. The molecule has 138 valence electrons. The maximum Gasteiger partial charge on any atom is 0.219 e. The molecular weight excluding hydrogens is 302 g/mol. The Labute approximate surface area is 147 Å². The third kappa shape index (κ3) is 4.30. The van der Waals surface area contributed by atoms with Crippen molar-refractivity contribution in [1.82, 2.24) is 14.7 Å². The van der Waals surface area contributed by atoms with Gasteiger partial charge in [-0.1, -0.05) is 6.92 Å². The zero-order valence-corrected chi connectivity index (χ0v) is 15.5. The van der Waals surface area contributed by atoms with Crippen LogP contribution in [0.1, 0.15) is 52.4 Å². The van der Waals surface area contributed by atoms with Crippen LogP contribution >= 0.6 is 0 Å². The summed E-state index contributed by atoms with van der Waals surface area (Å²) in [5.74, 6) is 1.05. The molecule has 1 amide bonds. The first-order chi connectivity index (χ1) is 11.5. The molecule has 0 aromatic carbocycles. The lowest BCUT2D eigenvalue weighted by Gasteiger charge is -2.37. The normalized spacial score (nSPS) is 31.7. The molecule has 3 saturated heterocycles. The minimum absolute atomic E-state index is 0.215. The van der Waals surface area contributed by atoms with E-state index in [1.807, 2.05) is 0 Å². The summed E-state index contributed by atoms with van der Waals surface area (Å²) in [5.41, 5.74) is 0. The monoisotopic (exact) mass is 337 g/mol. The molecule has 3 atom stereocenters. The lowest BCUT2D eigenvalue weighted by Crippen LogP contribution is -2.50. The van der Waals surface area contributed by atoms with Crippen LogP contribution in [0.2, 0.25) is 0 Å². The number of aliphatic hydroxyl groups is 1. The van der Waals surface area contributed by atoms with Crippen molar-refractivity contribution < 1.29 is 9.90 Å². The molecule has 1 N–H and O–H groups in total. The molecule has 3 fully saturated rings. The molecule has 3 rings (SSSR count). The largest absolute Gasteiger partial charge is 0.390 e. The van der Waals surface area contributed by atoms with E-state index >= 15 is 0 Å². The summed E-state index contributed by atoms with van der Waals surface area (Å²) in [6.45, 7) is 9.83. The van der Waals surface area contributed by atoms with Crippen LogP contribution in [0.4, 0.5) is 0 Å². The van der Waals surface area contributed by atoms with Gasteiger partial charge in [0.1, 0.15) is 0 Å². The molecule has 5 nitrogen and oxygen atoms in total. The van der Waals surface area contributed by atoms with E-state index in [1.54, 1.807) is 6.92 Å². The molecule has 0 saturated carbocycles. The molecule has 5 heteroatoms. The van der Waals surface area contributed by atoms with Crippen molar-refractivity contribution in [3.63, 3.8) is 0 Å². The van der Waals surface area contributed by atoms with Crippen LogP contribution in [0, 0.1) is 5.92 Å². The van der Waals surface area contributed by atoms with E-state index in [9.17, 15) is 9.90 Å². The standard InChI is InChI=1S/C19H35N3O2/c1-15-7-11-20(12-8-15)13-17(24)14-21-9-3-5-18(21)19-6-4-10-22(19)16(2)23/h15,17-19,24H,3-14H2,1-2H3/t17-,18-,19-/m1/s1. The first-order valence-electron chi connectivity index (χ1n) is 9.96. The number of carbonyl (C=O) groups is 1. The molecule has 0 aliphatic carbocycles. The summed E-state index contributed by atoms with van der Waals surface area (Å²) in [6.07, 6.45) is 6.86. The number of nitrogens with zero attached hydrogens (tertiary/aromatic N) is 3. The van der Waals surface area contributed by atoms with E-state index in [-0.39, 0.29) is 12.0 Å².